The van der Waals surface area contributed by atoms with Crippen LogP contribution < -0.4 is 10.2 Å². The smallest absolute Gasteiger partial charge is 0.227 e. The molecular formula is C22H24FN5O2. The van der Waals surface area contributed by atoms with E-state index in [4.69, 9.17) is 4.52 Å². The summed E-state index contributed by atoms with van der Waals surface area (Å²) in [6.07, 6.45) is 0.554. The molecule has 0 atom stereocenters. The van der Waals surface area contributed by atoms with E-state index in [0.29, 0.717) is 23.7 Å². The molecule has 156 valence electrons. The predicted molar refractivity (Wildman–Crippen MR) is 113 cm³/mol. The Balaban J connectivity index is 1.35. The molecule has 1 aromatic heterocycles. The van der Waals surface area contributed by atoms with E-state index in [1.165, 1.54) is 12.1 Å². The number of amides is 1. The number of carbonyl (C=O) groups excluding carboxylic acids is 1. The van der Waals surface area contributed by atoms with E-state index in [0.717, 1.165) is 37.6 Å². The Morgan fingerprint density at radius 2 is 1.83 bits per heavy atom. The molecular weight excluding hydrogens is 385 g/mol. The molecule has 1 fully saturated rings. The predicted octanol–water partition coefficient (Wildman–Crippen LogP) is 3.20. The summed E-state index contributed by atoms with van der Waals surface area (Å²) in [6, 6.07) is 13.7. The maximum atomic E-state index is 13.0. The summed E-state index contributed by atoms with van der Waals surface area (Å²) in [4.78, 5) is 21.4. The van der Waals surface area contributed by atoms with Gasteiger partial charge in [0, 0.05) is 44.6 Å². The van der Waals surface area contributed by atoms with Crippen molar-refractivity contribution in [2.75, 3.05) is 43.4 Å². The first-order valence-electron chi connectivity index (χ1n) is 9.99. The van der Waals surface area contributed by atoms with Gasteiger partial charge in [-0.2, -0.15) is 4.98 Å². The minimum atomic E-state index is -0.323. The van der Waals surface area contributed by atoms with Crippen molar-refractivity contribution in [3.8, 4) is 11.4 Å². The Bertz CT molecular complexity index is 997. The number of aryl methyl sites for hydroxylation is 1. The highest BCUT2D eigenvalue weighted by molar-refractivity contribution is 5.94. The third-order valence-corrected chi connectivity index (χ3v) is 5.16. The summed E-state index contributed by atoms with van der Waals surface area (Å²) >= 11 is 0. The molecule has 2 heterocycles. The van der Waals surface area contributed by atoms with E-state index in [2.05, 4.69) is 32.3 Å². The second-order valence-corrected chi connectivity index (χ2v) is 7.37. The fraction of sp³-hybridized carbons (Fsp3) is 0.318. The second kappa shape index (κ2) is 9.04. The zero-order valence-corrected chi connectivity index (χ0v) is 16.8. The Kier molecular flexibility index (Phi) is 6.04. The minimum absolute atomic E-state index is 0.113. The first kappa shape index (κ1) is 20.0. The summed E-state index contributed by atoms with van der Waals surface area (Å²) in [5, 5.41) is 6.92. The summed E-state index contributed by atoms with van der Waals surface area (Å²) in [7, 11) is 2.12. The zero-order valence-electron chi connectivity index (χ0n) is 16.8. The van der Waals surface area contributed by atoms with Crippen LogP contribution in [0, 0.1) is 5.82 Å². The van der Waals surface area contributed by atoms with E-state index in [1.54, 1.807) is 12.1 Å². The molecule has 0 bridgehead atoms. The molecule has 1 N–H and O–H groups in total. The second-order valence-electron chi connectivity index (χ2n) is 7.37. The lowest BCUT2D eigenvalue weighted by Gasteiger charge is -2.35. The number of likely N-dealkylation sites (N-methyl/N-ethyl adjacent to an activating group) is 1. The van der Waals surface area contributed by atoms with Crippen LogP contribution in [0.15, 0.2) is 53.1 Å². The largest absolute Gasteiger partial charge is 0.367 e. The molecule has 4 rings (SSSR count). The van der Waals surface area contributed by atoms with E-state index >= 15 is 0 Å². The first-order valence-corrected chi connectivity index (χ1v) is 9.99. The number of nitrogens with zero attached hydrogens (tertiary/aromatic N) is 4. The Labute approximate surface area is 174 Å². The average Bonchev–Trinajstić information content (AvgIpc) is 3.23. The summed E-state index contributed by atoms with van der Waals surface area (Å²) in [5.74, 6) is 0.316. The van der Waals surface area contributed by atoms with E-state index < -0.39 is 0 Å². The number of halogens is 1. The molecule has 3 aromatic rings. The molecule has 0 unspecified atom stereocenters. The summed E-state index contributed by atoms with van der Waals surface area (Å²) < 4.78 is 18.3. The molecule has 7 nitrogen and oxygen atoms in total. The number of hydrogen-bond donors (Lipinski definition) is 1. The highest BCUT2D eigenvalue weighted by Crippen LogP contribution is 2.26. The standard InChI is InChI=1S/C22H24FN5O2/c1-27-12-14-28(15-13-27)19-5-3-2-4-18(19)24-20(29)10-11-21-25-22(26-30-21)16-6-8-17(23)9-7-16/h2-9H,10-15H2,1H3,(H,24,29). The average molecular weight is 409 g/mol. The highest BCUT2D eigenvalue weighted by atomic mass is 19.1. The first-order chi connectivity index (χ1) is 14.6. The molecule has 1 aliphatic heterocycles. The molecule has 0 saturated carbocycles. The third kappa shape index (κ3) is 4.83. The SMILES string of the molecule is CN1CCN(c2ccccc2NC(=O)CCc2nc(-c3ccc(F)cc3)no2)CC1. The van der Waals surface area contributed by atoms with Crippen LogP contribution in [-0.4, -0.2) is 54.2 Å². The molecule has 1 saturated heterocycles. The van der Waals surface area contributed by atoms with Crippen LogP contribution in [0.2, 0.25) is 0 Å². The van der Waals surface area contributed by atoms with Crippen LogP contribution in [0.4, 0.5) is 15.8 Å². The maximum absolute atomic E-state index is 13.0. The van der Waals surface area contributed by atoms with Crippen molar-refractivity contribution in [1.29, 1.82) is 0 Å². The van der Waals surface area contributed by atoms with Crippen LogP contribution in [0.5, 0.6) is 0 Å². The van der Waals surface area contributed by atoms with Gasteiger partial charge >= 0.3 is 0 Å². The Hall–Kier alpha value is -3.26. The zero-order chi connectivity index (χ0) is 20.9. The third-order valence-electron chi connectivity index (χ3n) is 5.16. The fourth-order valence-electron chi connectivity index (χ4n) is 3.41. The van der Waals surface area contributed by atoms with Gasteiger partial charge in [-0.05, 0) is 43.4 Å². The molecule has 1 amide bonds. The monoisotopic (exact) mass is 409 g/mol. The van der Waals surface area contributed by atoms with Crippen molar-refractivity contribution in [3.05, 3.63) is 60.2 Å². The topological polar surface area (TPSA) is 74.5 Å². The van der Waals surface area contributed by atoms with Gasteiger partial charge in [0.1, 0.15) is 5.82 Å². The molecule has 0 aliphatic carbocycles. The number of para-hydroxylation sites is 2. The van der Waals surface area contributed by atoms with E-state index in [9.17, 15) is 9.18 Å². The number of carbonyl (C=O) groups is 1. The molecule has 2 aromatic carbocycles. The van der Waals surface area contributed by atoms with Gasteiger partial charge in [0.15, 0.2) is 0 Å². The normalized spacial score (nSPS) is 14.7. The van der Waals surface area contributed by atoms with Crippen molar-refractivity contribution in [2.45, 2.75) is 12.8 Å². The number of aromatic nitrogens is 2. The maximum Gasteiger partial charge on any atom is 0.227 e. The van der Waals surface area contributed by atoms with Crippen molar-refractivity contribution in [1.82, 2.24) is 15.0 Å². The van der Waals surface area contributed by atoms with Gasteiger partial charge in [0.05, 0.1) is 11.4 Å². The number of rotatable bonds is 6. The molecule has 8 heteroatoms. The van der Waals surface area contributed by atoms with E-state index in [-0.39, 0.29) is 18.1 Å². The number of benzene rings is 2. The van der Waals surface area contributed by atoms with Crippen LogP contribution in [0.3, 0.4) is 0 Å². The molecule has 0 spiro atoms. The Morgan fingerprint density at radius 3 is 2.60 bits per heavy atom. The van der Waals surface area contributed by atoms with Gasteiger partial charge in [-0.3, -0.25) is 4.79 Å². The van der Waals surface area contributed by atoms with Gasteiger partial charge in [0.25, 0.3) is 0 Å². The van der Waals surface area contributed by atoms with Crippen LogP contribution in [0.25, 0.3) is 11.4 Å². The fourth-order valence-corrected chi connectivity index (χ4v) is 3.41. The van der Waals surface area contributed by atoms with Crippen molar-refractivity contribution in [3.63, 3.8) is 0 Å². The molecule has 0 radical (unpaired) electrons. The lowest BCUT2D eigenvalue weighted by molar-refractivity contribution is -0.116. The summed E-state index contributed by atoms with van der Waals surface area (Å²) in [6.45, 7) is 3.85. The molecule has 30 heavy (non-hydrogen) atoms. The lowest BCUT2D eigenvalue weighted by Crippen LogP contribution is -2.44. The van der Waals surface area contributed by atoms with Crippen molar-refractivity contribution >= 4 is 17.3 Å². The minimum Gasteiger partial charge on any atom is -0.367 e. The number of nitrogens with one attached hydrogen (secondary N) is 1. The molecule has 1 aliphatic rings. The quantitative estimate of drug-likeness (QED) is 0.674. The summed E-state index contributed by atoms with van der Waals surface area (Å²) in [5.41, 5.74) is 2.51. The van der Waals surface area contributed by atoms with E-state index in [1.807, 2.05) is 24.3 Å². The van der Waals surface area contributed by atoms with Gasteiger partial charge < -0.3 is 19.6 Å². The number of hydrogen-bond acceptors (Lipinski definition) is 6. The number of anilines is 2. The lowest BCUT2D eigenvalue weighted by atomic mass is 10.2. The van der Waals surface area contributed by atoms with Crippen LogP contribution in [-0.2, 0) is 11.2 Å². The van der Waals surface area contributed by atoms with Crippen LogP contribution in [0.1, 0.15) is 12.3 Å². The highest BCUT2D eigenvalue weighted by Gasteiger charge is 2.18. The van der Waals surface area contributed by atoms with Gasteiger partial charge in [0.2, 0.25) is 17.6 Å². The van der Waals surface area contributed by atoms with Crippen LogP contribution >= 0.6 is 0 Å². The van der Waals surface area contributed by atoms with Gasteiger partial charge in [-0.15, -0.1) is 0 Å². The van der Waals surface area contributed by atoms with Crippen molar-refractivity contribution < 1.29 is 13.7 Å². The number of piperazine rings is 1. The Morgan fingerprint density at radius 1 is 1.10 bits per heavy atom. The van der Waals surface area contributed by atoms with Crippen molar-refractivity contribution in [2.24, 2.45) is 0 Å². The van der Waals surface area contributed by atoms with Gasteiger partial charge in [-0.25, -0.2) is 4.39 Å². The van der Waals surface area contributed by atoms with Gasteiger partial charge in [-0.1, -0.05) is 17.3 Å².